The van der Waals surface area contributed by atoms with Crippen LogP contribution in [-0.2, 0) is 6.54 Å². The molecule has 0 aliphatic carbocycles. The van der Waals surface area contributed by atoms with Crippen molar-refractivity contribution in [2.75, 3.05) is 0 Å². The van der Waals surface area contributed by atoms with Crippen LogP contribution < -0.4 is 5.56 Å². The first-order valence-corrected chi connectivity index (χ1v) is 6.91. The number of furan rings is 1. The lowest BCUT2D eigenvalue weighted by Gasteiger charge is -2.03. The first-order chi connectivity index (χ1) is 9.58. The van der Waals surface area contributed by atoms with Crippen LogP contribution in [0, 0.1) is 13.8 Å². The molecule has 6 heteroatoms. The second kappa shape index (κ2) is 4.72. The summed E-state index contributed by atoms with van der Waals surface area (Å²) in [5.74, 6) is -0.00178. The van der Waals surface area contributed by atoms with Crippen LogP contribution in [0.1, 0.15) is 21.0 Å². The lowest BCUT2D eigenvalue weighted by molar-refractivity contribution is 0.0943. The second-order valence-corrected chi connectivity index (χ2v) is 5.74. The maximum atomic E-state index is 12.4. The number of aryl methyl sites for hydroxylation is 2. The predicted octanol–water partition coefficient (Wildman–Crippen LogP) is 2.55. The molecule has 0 saturated heterocycles. The predicted molar refractivity (Wildman–Crippen MR) is 76.4 cm³/mol. The Morgan fingerprint density at radius 3 is 2.95 bits per heavy atom. The molecule has 0 spiro atoms. The molecule has 3 aromatic rings. The Hall–Kier alpha value is -2.21. The van der Waals surface area contributed by atoms with Crippen molar-refractivity contribution >= 4 is 27.3 Å². The fourth-order valence-electron chi connectivity index (χ4n) is 2.05. The molecule has 3 rings (SSSR count). The Bertz CT molecular complexity index is 843. The van der Waals surface area contributed by atoms with Crippen molar-refractivity contribution in [1.82, 2.24) is 9.55 Å². The van der Waals surface area contributed by atoms with Gasteiger partial charge in [-0.2, -0.15) is 0 Å². The summed E-state index contributed by atoms with van der Waals surface area (Å²) in [6.45, 7) is 3.79. The number of carbonyl (C=O) groups excluding carboxylic acids is 1. The van der Waals surface area contributed by atoms with Crippen molar-refractivity contribution in [2.24, 2.45) is 0 Å². The van der Waals surface area contributed by atoms with Gasteiger partial charge in [-0.25, -0.2) is 4.98 Å². The quantitative estimate of drug-likeness (QED) is 0.695. The maximum absolute atomic E-state index is 12.4. The maximum Gasteiger partial charge on any atom is 0.262 e. The number of nitrogens with zero attached hydrogens (tertiary/aromatic N) is 2. The normalized spacial score (nSPS) is 11.1. The van der Waals surface area contributed by atoms with E-state index >= 15 is 0 Å². The lowest BCUT2D eigenvalue weighted by atomic mass is 10.2. The fraction of sp³-hybridized carbons (Fsp3) is 0.214. The Morgan fingerprint density at radius 2 is 2.25 bits per heavy atom. The van der Waals surface area contributed by atoms with Crippen molar-refractivity contribution in [3.05, 3.63) is 51.3 Å². The standard InChI is InChI=1S/C14H12N2O3S/c1-8-9(2)20-13-12(8)14(18)16(7-15-13)6-10(17)11-4-3-5-19-11/h3-5,7H,6H2,1-2H3. The highest BCUT2D eigenvalue weighted by Crippen LogP contribution is 2.25. The van der Waals surface area contributed by atoms with Gasteiger partial charge in [0.25, 0.3) is 5.56 Å². The van der Waals surface area contributed by atoms with Crippen LogP contribution in [0.25, 0.3) is 10.2 Å². The largest absolute Gasteiger partial charge is 0.461 e. The van der Waals surface area contributed by atoms with E-state index in [9.17, 15) is 9.59 Å². The minimum Gasteiger partial charge on any atom is -0.461 e. The Morgan fingerprint density at radius 1 is 1.45 bits per heavy atom. The summed E-state index contributed by atoms with van der Waals surface area (Å²) in [6, 6.07) is 3.23. The van der Waals surface area contributed by atoms with Gasteiger partial charge in [0.15, 0.2) is 5.76 Å². The molecule has 0 fully saturated rings. The zero-order valence-electron chi connectivity index (χ0n) is 11.0. The third kappa shape index (κ3) is 1.98. The number of carbonyl (C=O) groups is 1. The molecule has 0 aromatic carbocycles. The van der Waals surface area contributed by atoms with E-state index in [1.54, 1.807) is 12.1 Å². The van der Waals surface area contributed by atoms with Crippen LogP contribution in [0.15, 0.2) is 33.9 Å². The van der Waals surface area contributed by atoms with Crippen molar-refractivity contribution in [2.45, 2.75) is 20.4 Å². The first kappa shape index (κ1) is 12.8. The number of hydrogen-bond donors (Lipinski definition) is 0. The number of hydrogen-bond acceptors (Lipinski definition) is 5. The van der Waals surface area contributed by atoms with Crippen LogP contribution in [0.3, 0.4) is 0 Å². The Balaban J connectivity index is 2.05. The average molecular weight is 288 g/mol. The van der Waals surface area contributed by atoms with E-state index in [-0.39, 0.29) is 23.6 Å². The molecule has 3 aromatic heterocycles. The van der Waals surface area contributed by atoms with Gasteiger partial charge in [0.2, 0.25) is 5.78 Å². The minimum atomic E-state index is -0.247. The van der Waals surface area contributed by atoms with E-state index in [1.807, 2.05) is 13.8 Å². The van der Waals surface area contributed by atoms with E-state index in [2.05, 4.69) is 4.98 Å². The van der Waals surface area contributed by atoms with Crippen molar-refractivity contribution in [3.8, 4) is 0 Å². The molecule has 0 atom stereocenters. The highest BCUT2D eigenvalue weighted by molar-refractivity contribution is 7.18. The summed E-state index contributed by atoms with van der Waals surface area (Å²) in [5.41, 5.74) is 0.749. The highest BCUT2D eigenvalue weighted by Gasteiger charge is 2.15. The van der Waals surface area contributed by atoms with E-state index in [1.165, 1.54) is 28.5 Å². The number of aromatic nitrogens is 2. The molecule has 0 aliphatic rings. The van der Waals surface area contributed by atoms with Gasteiger partial charge < -0.3 is 4.42 Å². The molecule has 0 bridgehead atoms. The summed E-state index contributed by atoms with van der Waals surface area (Å²) in [4.78, 5) is 30.4. The number of ketones is 1. The summed E-state index contributed by atoms with van der Waals surface area (Å²) in [5, 5.41) is 0.599. The molecule has 0 N–H and O–H groups in total. The zero-order valence-corrected chi connectivity index (χ0v) is 11.9. The number of Topliss-reactive ketones (excluding diaryl/α,β-unsaturated/α-hetero) is 1. The molecule has 0 saturated carbocycles. The van der Waals surface area contributed by atoms with Crippen LogP contribution in [-0.4, -0.2) is 15.3 Å². The molecule has 20 heavy (non-hydrogen) atoms. The Labute approximate surface area is 118 Å². The van der Waals surface area contributed by atoms with Crippen molar-refractivity contribution in [3.63, 3.8) is 0 Å². The van der Waals surface area contributed by atoms with Gasteiger partial charge in [-0.1, -0.05) is 0 Å². The topological polar surface area (TPSA) is 65.1 Å². The third-order valence-electron chi connectivity index (χ3n) is 3.27. The van der Waals surface area contributed by atoms with E-state index < -0.39 is 0 Å². The molecular weight excluding hydrogens is 276 g/mol. The van der Waals surface area contributed by atoms with Gasteiger partial charge >= 0.3 is 0 Å². The van der Waals surface area contributed by atoms with Gasteiger partial charge in [0.1, 0.15) is 4.83 Å². The molecule has 5 nitrogen and oxygen atoms in total. The first-order valence-electron chi connectivity index (χ1n) is 6.10. The van der Waals surface area contributed by atoms with Gasteiger partial charge in [-0.05, 0) is 31.5 Å². The fourth-order valence-corrected chi connectivity index (χ4v) is 3.04. The molecular formula is C14H12N2O3S. The number of rotatable bonds is 3. The van der Waals surface area contributed by atoms with E-state index in [0.29, 0.717) is 10.2 Å². The summed E-state index contributed by atoms with van der Waals surface area (Å²) in [7, 11) is 0. The minimum absolute atomic E-state index is 0.0659. The molecule has 0 amide bonds. The molecule has 0 radical (unpaired) electrons. The molecule has 102 valence electrons. The van der Waals surface area contributed by atoms with E-state index in [0.717, 1.165) is 10.4 Å². The molecule has 0 unspecified atom stereocenters. The van der Waals surface area contributed by atoms with Crippen LogP contribution >= 0.6 is 11.3 Å². The third-order valence-corrected chi connectivity index (χ3v) is 4.38. The van der Waals surface area contributed by atoms with Crippen molar-refractivity contribution in [1.29, 1.82) is 0 Å². The second-order valence-electron chi connectivity index (χ2n) is 4.54. The lowest BCUT2D eigenvalue weighted by Crippen LogP contribution is -2.24. The Kier molecular flexibility index (Phi) is 3.02. The van der Waals surface area contributed by atoms with E-state index in [4.69, 9.17) is 4.42 Å². The SMILES string of the molecule is Cc1sc2ncn(CC(=O)c3ccco3)c(=O)c2c1C. The number of thiophene rings is 1. The molecule has 3 heterocycles. The highest BCUT2D eigenvalue weighted by atomic mass is 32.1. The summed E-state index contributed by atoms with van der Waals surface area (Å²) >= 11 is 1.49. The van der Waals surface area contributed by atoms with Crippen LogP contribution in [0.2, 0.25) is 0 Å². The number of fused-ring (bicyclic) bond motifs is 1. The van der Waals surface area contributed by atoms with Gasteiger partial charge in [-0.15, -0.1) is 11.3 Å². The van der Waals surface area contributed by atoms with Crippen molar-refractivity contribution < 1.29 is 9.21 Å². The molecule has 0 aliphatic heterocycles. The van der Waals surface area contributed by atoms with Crippen LogP contribution in [0.4, 0.5) is 0 Å². The van der Waals surface area contributed by atoms with Gasteiger partial charge in [-0.3, -0.25) is 14.2 Å². The summed E-state index contributed by atoms with van der Waals surface area (Å²) in [6.07, 6.45) is 2.85. The zero-order chi connectivity index (χ0) is 14.3. The van der Waals surface area contributed by atoms with Gasteiger partial charge in [0.05, 0.1) is 24.5 Å². The van der Waals surface area contributed by atoms with Gasteiger partial charge in [0, 0.05) is 4.88 Å². The smallest absolute Gasteiger partial charge is 0.262 e. The monoisotopic (exact) mass is 288 g/mol. The van der Waals surface area contributed by atoms with Crippen LogP contribution in [0.5, 0.6) is 0 Å². The average Bonchev–Trinajstić information content (AvgIpc) is 3.03. The summed E-state index contributed by atoms with van der Waals surface area (Å²) < 4.78 is 6.37.